The number of aromatic amines is 1. The standard InChI is InChI=1S/C17H17N7O4S3/c1-3-11-23-24-17(31-11)19-10(26)7-30-16-21-13(18-8(2)25)12(15(28)22-16)20-14(27)9-5-4-6-29-9/h4-6H,3,7H2,1-2H3,(H,20,27)(H,19,24,26)(H2,18,21,22,25,28). The van der Waals surface area contributed by atoms with Gasteiger partial charge in [0.1, 0.15) is 5.01 Å². The zero-order valence-corrected chi connectivity index (χ0v) is 18.8. The molecule has 0 aliphatic carbocycles. The molecule has 0 spiro atoms. The molecule has 0 unspecified atom stereocenters. The third-order valence-corrected chi connectivity index (χ3v) is 6.26. The van der Waals surface area contributed by atoms with Crippen molar-refractivity contribution in [3.05, 3.63) is 37.8 Å². The number of amides is 3. The second kappa shape index (κ2) is 10.3. The number of thioether (sulfide) groups is 1. The summed E-state index contributed by atoms with van der Waals surface area (Å²) in [5, 5.41) is 18.3. The van der Waals surface area contributed by atoms with Crippen molar-refractivity contribution < 1.29 is 14.4 Å². The van der Waals surface area contributed by atoms with Gasteiger partial charge in [0.2, 0.25) is 16.9 Å². The van der Waals surface area contributed by atoms with Crippen molar-refractivity contribution in [2.24, 2.45) is 0 Å². The third kappa shape index (κ3) is 6.19. The fourth-order valence-corrected chi connectivity index (χ4v) is 4.19. The van der Waals surface area contributed by atoms with Gasteiger partial charge in [-0.1, -0.05) is 36.1 Å². The number of nitrogens with zero attached hydrogens (tertiary/aromatic N) is 3. The minimum atomic E-state index is -0.664. The largest absolute Gasteiger partial charge is 0.314 e. The van der Waals surface area contributed by atoms with Crippen molar-refractivity contribution in [1.82, 2.24) is 20.2 Å². The first-order chi connectivity index (χ1) is 14.9. The van der Waals surface area contributed by atoms with Crippen molar-refractivity contribution in [3.8, 4) is 0 Å². The van der Waals surface area contributed by atoms with Crippen LogP contribution in [-0.4, -0.2) is 43.6 Å². The lowest BCUT2D eigenvalue weighted by Crippen LogP contribution is -2.24. The van der Waals surface area contributed by atoms with Crippen LogP contribution in [0, 0.1) is 0 Å². The van der Waals surface area contributed by atoms with Gasteiger partial charge in [-0.15, -0.1) is 21.5 Å². The van der Waals surface area contributed by atoms with Crippen LogP contribution in [0.5, 0.6) is 0 Å². The first kappa shape index (κ1) is 22.6. The zero-order valence-electron chi connectivity index (χ0n) is 16.3. The number of aryl methyl sites for hydroxylation is 1. The SMILES string of the molecule is CCc1nnc(NC(=O)CSc2nc(NC(C)=O)c(NC(=O)c3cccs3)c(=O)[nH]2)s1. The molecule has 0 atom stereocenters. The van der Waals surface area contributed by atoms with Crippen molar-refractivity contribution in [2.45, 2.75) is 25.4 Å². The molecule has 14 heteroatoms. The van der Waals surface area contributed by atoms with E-state index in [-0.39, 0.29) is 28.3 Å². The van der Waals surface area contributed by atoms with Crippen LogP contribution >= 0.6 is 34.4 Å². The second-order valence-corrected chi connectivity index (χ2v) is 8.87. The number of carbonyl (C=O) groups excluding carboxylic acids is 3. The van der Waals surface area contributed by atoms with Gasteiger partial charge in [-0.05, 0) is 17.9 Å². The van der Waals surface area contributed by atoms with E-state index in [1.54, 1.807) is 17.5 Å². The number of thiophene rings is 1. The van der Waals surface area contributed by atoms with Crippen LogP contribution < -0.4 is 21.5 Å². The van der Waals surface area contributed by atoms with Crippen LogP contribution in [0.4, 0.5) is 16.6 Å². The maximum atomic E-state index is 12.5. The monoisotopic (exact) mass is 479 g/mol. The van der Waals surface area contributed by atoms with E-state index >= 15 is 0 Å². The van der Waals surface area contributed by atoms with Gasteiger partial charge >= 0.3 is 0 Å². The molecule has 4 N–H and O–H groups in total. The maximum Gasteiger partial charge on any atom is 0.277 e. The molecule has 0 fully saturated rings. The molecule has 3 aromatic heterocycles. The van der Waals surface area contributed by atoms with Crippen molar-refractivity contribution >= 4 is 68.8 Å². The summed E-state index contributed by atoms with van der Waals surface area (Å²) in [5.74, 6) is -1.51. The van der Waals surface area contributed by atoms with E-state index in [9.17, 15) is 19.2 Å². The van der Waals surface area contributed by atoms with Crippen LogP contribution in [0.3, 0.4) is 0 Å². The van der Waals surface area contributed by atoms with E-state index in [0.29, 0.717) is 10.0 Å². The Hall–Kier alpha value is -3.10. The molecule has 3 rings (SSSR count). The number of carbonyl (C=O) groups is 3. The van der Waals surface area contributed by atoms with Crippen molar-refractivity contribution in [3.63, 3.8) is 0 Å². The average Bonchev–Trinajstić information content (AvgIpc) is 3.40. The predicted molar refractivity (Wildman–Crippen MR) is 120 cm³/mol. The molecule has 31 heavy (non-hydrogen) atoms. The molecule has 11 nitrogen and oxygen atoms in total. The molecule has 3 aromatic rings. The number of nitrogens with one attached hydrogen (secondary N) is 4. The number of hydrogen-bond donors (Lipinski definition) is 4. The Morgan fingerprint density at radius 1 is 1.19 bits per heavy atom. The number of aromatic nitrogens is 4. The molecule has 0 bridgehead atoms. The number of H-pyrrole nitrogens is 1. The fourth-order valence-electron chi connectivity index (χ4n) is 2.21. The first-order valence-corrected chi connectivity index (χ1v) is 11.6. The Labute approximate surface area is 188 Å². The van der Waals surface area contributed by atoms with E-state index in [0.717, 1.165) is 23.2 Å². The molecule has 3 heterocycles. The van der Waals surface area contributed by atoms with E-state index in [4.69, 9.17) is 0 Å². The summed E-state index contributed by atoms with van der Waals surface area (Å²) in [4.78, 5) is 55.6. The van der Waals surface area contributed by atoms with Gasteiger partial charge < -0.3 is 10.6 Å². The highest BCUT2D eigenvalue weighted by molar-refractivity contribution is 7.99. The van der Waals surface area contributed by atoms with Gasteiger partial charge in [-0.3, -0.25) is 29.5 Å². The summed E-state index contributed by atoms with van der Waals surface area (Å²) >= 11 is 3.44. The van der Waals surface area contributed by atoms with Crippen LogP contribution in [-0.2, 0) is 16.0 Å². The lowest BCUT2D eigenvalue weighted by atomic mass is 10.4. The quantitative estimate of drug-likeness (QED) is 0.283. The average molecular weight is 480 g/mol. The van der Waals surface area contributed by atoms with Crippen LogP contribution in [0.15, 0.2) is 27.5 Å². The topological polar surface area (TPSA) is 159 Å². The first-order valence-electron chi connectivity index (χ1n) is 8.87. The Kier molecular flexibility index (Phi) is 7.49. The predicted octanol–water partition coefficient (Wildman–Crippen LogP) is 2.19. The van der Waals surface area contributed by atoms with Gasteiger partial charge in [0.25, 0.3) is 11.5 Å². The lowest BCUT2D eigenvalue weighted by Gasteiger charge is -2.11. The summed E-state index contributed by atoms with van der Waals surface area (Å²) in [6, 6.07) is 3.30. The highest BCUT2D eigenvalue weighted by atomic mass is 32.2. The van der Waals surface area contributed by atoms with Crippen molar-refractivity contribution in [2.75, 3.05) is 21.7 Å². The number of anilines is 3. The van der Waals surface area contributed by atoms with E-state index in [1.807, 2.05) is 6.92 Å². The summed E-state index contributed by atoms with van der Waals surface area (Å²) in [6.45, 7) is 3.18. The van der Waals surface area contributed by atoms with Gasteiger partial charge in [0.05, 0.1) is 10.6 Å². The van der Waals surface area contributed by atoms with E-state index in [1.165, 1.54) is 29.6 Å². The molecule has 0 saturated carbocycles. The van der Waals surface area contributed by atoms with Gasteiger partial charge in [0.15, 0.2) is 16.7 Å². The van der Waals surface area contributed by atoms with E-state index < -0.39 is 17.4 Å². The smallest absolute Gasteiger partial charge is 0.277 e. The van der Waals surface area contributed by atoms with Gasteiger partial charge in [0, 0.05) is 6.92 Å². The molecule has 3 amide bonds. The molecular weight excluding hydrogens is 462 g/mol. The minimum Gasteiger partial charge on any atom is -0.314 e. The molecule has 0 aliphatic heterocycles. The van der Waals surface area contributed by atoms with E-state index in [2.05, 4.69) is 36.1 Å². The third-order valence-electron chi connectivity index (χ3n) is 3.53. The molecule has 0 saturated heterocycles. The lowest BCUT2D eigenvalue weighted by molar-refractivity contribution is -0.114. The van der Waals surface area contributed by atoms with Crippen LogP contribution in [0.2, 0.25) is 0 Å². The molecule has 162 valence electrons. The highest BCUT2D eigenvalue weighted by Gasteiger charge is 2.18. The zero-order chi connectivity index (χ0) is 22.4. The minimum absolute atomic E-state index is 0.0651. The summed E-state index contributed by atoms with van der Waals surface area (Å²) in [5.41, 5.74) is -0.855. The molecule has 0 aliphatic rings. The Morgan fingerprint density at radius 3 is 2.65 bits per heavy atom. The second-order valence-electron chi connectivity index (χ2n) is 5.90. The summed E-state index contributed by atoms with van der Waals surface area (Å²) in [6.07, 6.45) is 0.717. The fraction of sp³-hybridized carbons (Fsp3) is 0.235. The number of rotatable bonds is 8. The Balaban J connectivity index is 1.72. The van der Waals surface area contributed by atoms with Gasteiger partial charge in [-0.25, -0.2) is 4.98 Å². The molecule has 0 radical (unpaired) electrons. The Morgan fingerprint density at radius 2 is 2.00 bits per heavy atom. The number of hydrogen-bond acceptors (Lipinski definition) is 10. The highest BCUT2D eigenvalue weighted by Crippen LogP contribution is 2.21. The van der Waals surface area contributed by atoms with Crippen LogP contribution in [0.25, 0.3) is 0 Å². The molecular formula is C17H17N7O4S3. The van der Waals surface area contributed by atoms with Crippen molar-refractivity contribution in [1.29, 1.82) is 0 Å². The normalized spacial score (nSPS) is 10.5. The van der Waals surface area contributed by atoms with Gasteiger partial charge in [-0.2, -0.15) is 0 Å². The Bertz CT molecular complexity index is 1160. The summed E-state index contributed by atoms with van der Waals surface area (Å²) < 4.78 is 0. The molecule has 0 aromatic carbocycles. The van der Waals surface area contributed by atoms with Crippen LogP contribution in [0.1, 0.15) is 28.5 Å². The summed E-state index contributed by atoms with van der Waals surface area (Å²) in [7, 11) is 0. The maximum absolute atomic E-state index is 12.5.